The molecule has 4 rings (SSSR count). The van der Waals surface area contributed by atoms with Crippen LogP contribution < -0.4 is 20.1 Å². The third-order valence-corrected chi connectivity index (χ3v) is 6.06. The lowest BCUT2D eigenvalue weighted by molar-refractivity contribution is 0.254. The minimum Gasteiger partial charge on any atom is -0.496 e. The first kappa shape index (κ1) is 24.6. The van der Waals surface area contributed by atoms with E-state index in [0.29, 0.717) is 6.54 Å². The zero-order chi connectivity index (χ0) is 21.6. The van der Waals surface area contributed by atoms with Crippen molar-refractivity contribution >= 4 is 29.9 Å². The Balaban J connectivity index is 0.00000289. The van der Waals surface area contributed by atoms with Gasteiger partial charge in [0, 0.05) is 44.2 Å². The summed E-state index contributed by atoms with van der Waals surface area (Å²) in [6.45, 7) is 6.95. The fourth-order valence-electron chi connectivity index (χ4n) is 4.36. The molecule has 6 nitrogen and oxygen atoms in total. The van der Waals surface area contributed by atoms with E-state index in [4.69, 9.17) is 9.47 Å². The third-order valence-electron chi connectivity index (χ3n) is 6.06. The van der Waals surface area contributed by atoms with Gasteiger partial charge in [0.1, 0.15) is 17.6 Å². The van der Waals surface area contributed by atoms with Gasteiger partial charge < -0.3 is 20.1 Å². The summed E-state index contributed by atoms with van der Waals surface area (Å²) in [4.78, 5) is 6.89. The summed E-state index contributed by atoms with van der Waals surface area (Å²) >= 11 is 0. The molecule has 2 heterocycles. The Bertz CT molecular complexity index is 911. The second-order valence-corrected chi connectivity index (χ2v) is 8.48. The molecule has 1 saturated heterocycles. The minimum absolute atomic E-state index is 0. The SMILES string of the molecule is CN=C(NCc1ccc(CN2CCCC2)cc1)NCc1cc2c(cc1OC)CC(C)O2.I. The van der Waals surface area contributed by atoms with Crippen LogP contribution in [0.25, 0.3) is 0 Å². The highest BCUT2D eigenvalue weighted by Crippen LogP contribution is 2.34. The molecule has 2 aromatic carbocycles. The quantitative estimate of drug-likeness (QED) is 0.309. The predicted molar refractivity (Wildman–Crippen MR) is 140 cm³/mol. The second kappa shape index (κ2) is 11.7. The second-order valence-electron chi connectivity index (χ2n) is 8.48. The van der Waals surface area contributed by atoms with Gasteiger partial charge in [0.05, 0.1) is 7.11 Å². The summed E-state index contributed by atoms with van der Waals surface area (Å²) in [7, 11) is 3.50. The van der Waals surface area contributed by atoms with Gasteiger partial charge in [0.25, 0.3) is 0 Å². The molecule has 2 aliphatic heterocycles. The number of hydrogen-bond acceptors (Lipinski definition) is 4. The standard InChI is InChI=1S/C25H34N4O2.HI/c1-18-12-21-13-23(30-3)22(14-24(21)31-18)16-28-25(26-2)27-15-19-6-8-20(9-7-19)17-29-10-4-5-11-29;/h6-9,13-14,18H,4-5,10-12,15-17H2,1-3H3,(H2,26,27,28);1H. The van der Waals surface area contributed by atoms with Gasteiger partial charge in [-0.25, -0.2) is 0 Å². The van der Waals surface area contributed by atoms with Crippen molar-refractivity contribution in [2.45, 2.75) is 51.9 Å². The first-order valence-electron chi connectivity index (χ1n) is 11.3. The van der Waals surface area contributed by atoms with Crippen molar-refractivity contribution < 1.29 is 9.47 Å². The van der Waals surface area contributed by atoms with Crippen LogP contribution in [-0.2, 0) is 26.1 Å². The molecule has 0 bridgehead atoms. The van der Waals surface area contributed by atoms with Gasteiger partial charge in [-0.3, -0.25) is 9.89 Å². The summed E-state index contributed by atoms with van der Waals surface area (Å²) in [6, 6.07) is 13.1. The van der Waals surface area contributed by atoms with Crippen LogP contribution in [-0.4, -0.2) is 44.2 Å². The minimum atomic E-state index is 0. The van der Waals surface area contributed by atoms with Gasteiger partial charge in [-0.05, 0) is 56.1 Å². The lowest BCUT2D eigenvalue weighted by Gasteiger charge is -2.16. The number of guanidine groups is 1. The van der Waals surface area contributed by atoms with Crippen LogP contribution in [0.2, 0.25) is 0 Å². The molecule has 1 fully saturated rings. The molecule has 0 saturated carbocycles. The van der Waals surface area contributed by atoms with Crippen molar-refractivity contribution in [3.63, 3.8) is 0 Å². The van der Waals surface area contributed by atoms with Crippen LogP contribution in [0.5, 0.6) is 11.5 Å². The molecular formula is C25H35IN4O2. The maximum Gasteiger partial charge on any atom is 0.191 e. The number of fused-ring (bicyclic) bond motifs is 1. The number of halogens is 1. The molecule has 1 unspecified atom stereocenters. The maximum atomic E-state index is 5.90. The Labute approximate surface area is 208 Å². The zero-order valence-electron chi connectivity index (χ0n) is 19.3. The number of hydrogen-bond donors (Lipinski definition) is 2. The van der Waals surface area contributed by atoms with E-state index in [1.165, 1.54) is 42.6 Å². The molecular weight excluding hydrogens is 515 g/mol. The summed E-state index contributed by atoms with van der Waals surface area (Å²) in [5.74, 6) is 2.60. The Morgan fingerprint density at radius 2 is 1.78 bits per heavy atom. The van der Waals surface area contributed by atoms with E-state index in [1.807, 2.05) is 0 Å². The van der Waals surface area contributed by atoms with E-state index >= 15 is 0 Å². The van der Waals surface area contributed by atoms with E-state index in [9.17, 15) is 0 Å². The van der Waals surface area contributed by atoms with Crippen LogP contribution in [0, 0.1) is 0 Å². The van der Waals surface area contributed by atoms with E-state index < -0.39 is 0 Å². The number of nitrogens with one attached hydrogen (secondary N) is 2. The van der Waals surface area contributed by atoms with Crippen molar-refractivity contribution in [1.82, 2.24) is 15.5 Å². The van der Waals surface area contributed by atoms with Gasteiger partial charge in [-0.15, -0.1) is 24.0 Å². The van der Waals surface area contributed by atoms with Crippen molar-refractivity contribution in [3.05, 3.63) is 58.7 Å². The molecule has 2 aliphatic rings. The van der Waals surface area contributed by atoms with E-state index in [1.54, 1.807) is 14.2 Å². The van der Waals surface area contributed by atoms with Crippen molar-refractivity contribution in [3.8, 4) is 11.5 Å². The molecule has 0 amide bonds. The number of likely N-dealkylation sites (tertiary alicyclic amines) is 1. The van der Waals surface area contributed by atoms with Gasteiger partial charge in [0.15, 0.2) is 5.96 Å². The highest BCUT2D eigenvalue weighted by Gasteiger charge is 2.21. The Morgan fingerprint density at radius 1 is 1.09 bits per heavy atom. The molecule has 32 heavy (non-hydrogen) atoms. The zero-order valence-corrected chi connectivity index (χ0v) is 21.6. The number of methoxy groups -OCH3 is 1. The molecule has 0 aromatic heterocycles. The van der Waals surface area contributed by atoms with Gasteiger partial charge >= 0.3 is 0 Å². The van der Waals surface area contributed by atoms with Crippen molar-refractivity contribution in [1.29, 1.82) is 0 Å². The van der Waals surface area contributed by atoms with Crippen molar-refractivity contribution in [2.24, 2.45) is 4.99 Å². The molecule has 0 spiro atoms. The predicted octanol–water partition coefficient (Wildman–Crippen LogP) is 4.10. The van der Waals surface area contributed by atoms with Crippen LogP contribution in [0.15, 0.2) is 41.4 Å². The fourth-order valence-corrected chi connectivity index (χ4v) is 4.36. The average Bonchev–Trinajstić information content (AvgIpc) is 3.42. The highest BCUT2D eigenvalue weighted by molar-refractivity contribution is 14.0. The molecule has 7 heteroatoms. The number of aliphatic imine (C=N–C) groups is 1. The fraction of sp³-hybridized carbons (Fsp3) is 0.480. The van der Waals surface area contributed by atoms with E-state index in [-0.39, 0.29) is 30.1 Å². The molecule has 0 aliphatic carbocycles. The lowest BCUT2D eigenvalue weighted by atomic mass is 10.1. The Kier molecular flexibility index (Phi) is 9.04. The maximum absolute atomic E-state index is 5.90. The molecule has 1 atom stereocenters. The van der Waals surface area contributed by atoms with Crippen LogP contribution in [0.3, 0.4) is 0 Å². The number of ether oxygens (including phenoxy) is 2. The summed E-state index contributed by atoms with van der Waals surface area (Å²) in [5.41, 5.74) is 4.90. The van der Waals surface area contributed by atoms with Gasteiger partial charge in [-0.1, -0.05) is 24.3 Å². The first-order chi connectivity index (χ1) is 15.1. The third kappa shape index (κ3) is 6.28. The number of rotatable bonds is 7. The summed E-state index contributed by atoms with van der Waals surface area (Å²) < 4.78 is 11.5. The molecule has 0 radical (unpaired) electrons. The van der Waals surface area contributed by atoms with Crippen LogP contribution in [0.4, 0.5) is 0 Å². The van der Waals surface area contributed by atoms with Crippen LogP contribution >= 0.6 is 24.0 Å². The van der Waals surface area contributed by atoms with Gasteiger partial charge in [0.2, 0.25) is 0 Å². The number of benzene rings is 2. The summed E-state index contributed by atoms with van der Waals surface area (Å²) in [5, 5.41) is 6.79. The van der Waals surface area contributed by atoms with E-state index in [2.05, 4.69) is 63.8 Å². The molecule has 2 aromatic rings. The van der Waals surface area contributed by atoms with Crippen molar-refractivity contribution in [2.75, 3.05) is 27.2 Å². The Hall–Kier alpha value is -2.00. The van der Waals surface area contributed by atoms with Gasteiger partial charge in [-0.2, -0.15) is 0 Å². The largest absolute Gasteiger partial charge is 0.496 e. The monoisotopic (exact) mass is 550 g/mol. The average molecular weight is 550 g/mol. The molecule has 174 valence electrons. The smallest absolute Gasteiger partial charge is 0.191 e. The summed E-state index contributed by atoms with van der Waals surface area (Å²) in [6.07, 6.45) is 3.81. The van der Waals surface area contributed by atoms with Crippen LogP contribution in [0.1, 0.15) is 42.0 Å². The topological polar surface area (TPSA) is 58.1 Å². The van der Waals surface area contributed by atoms with E-state index in [0.717, 1.165) is 42.5 Å². The molecule has 2 N–H and O–H groups in total. The normalized spacial score (nSPS) is 18.0. The lowest BCUT2D eigenvalue weighted by Crippen LogP contribution is -2.36. The highest BCUT2D eigenvalue weighted by atomic mass is 127. The first-order valence-corrected chi connectivity index (χ1v) is 11.3. The number of nitrogens with zero attached hydrogens (tertiary/aromatic N) is 2. The Morgan fingerprint density at radius 3 is 2.47 bits per heavy atom.